The normalized spacial score (nSPS) is 14.6. The smallest absolute Gasteiger partial charge is 0.0950 e. The molecule has 0 saturated heterocycles. The first-order valence-electron chi connectivity index (χ1n) is 6.48. The van der Waals surface area contributed by atoms with Crippen LogP contribution in [-0.2, 0) is 6.42 Å². The second-order valence-electron chi connectivity index (χ2n) is 4.65. The maximum Gasteiger partial charge on any atom is 0.0950 e. The number of nitrogens with zero attached hydrogens (tertiary/aromatic N) is 2. The second kappa shape index (κ2) is 5.87. The molecule has 18 heavy (non-hydrogen) atoms. The van der Waals surface area contributed by atoms with E-state index in [9.17, 15) is 0 Å². The van der Waals surface area contributed by atoms with E-state index < -0.39 is 0 Å². The Bertz CT molecular complexity index is 461. The van der Waals surface area contributed by atoms with Gasteiger partial charge in [0.05, 0.1) is 18.2 Å². The van der Waals surface area contributed by atoms with Gasteiger partial charge in [0.2, 0.25) is 0 Å². The van der Waals surface area contributed by atoms with Gasteiger partial charge in [0, 0.05) is 30.3 Å². The molecule has 2 rings (SSSR count). The molecule has 0 spiro atoms. The number of nitrogens with one attached hydrogen (secondary N) is 1. The predicted octanol–water partition coefficient (Wildman–Crippen LogP) is 2.95. The van der Waals surface area contributed by atoms with E-state index in [-0.39, 0.29) is 6.04 Å². The van der Waals surface area contributed by atoms with E-state index in [1.807, 2.05) is 17.8 Å². The average Bonchev–Trinajstić information content (AvgIpc) is 3.05. The van der Waals surface area contributed by atoms with Crippen molar-refractivity contribution in [1.82, 2.24) is 15.1 Å². The molecule has 0 aliphatic rings. The largest absolute Gasteiger partial charge is 0.472 e. The molecule has 0 aliphatic heterocycles. The van der Waals surface area contributed by atoms with Crippen LogP contribution in [0.4, 0.5) is 0 Å². The Morgan fingerprint density at radius 1 is 1.44 bits per heavy atom. The summed E-state index contributed by atoms with van der Waals surface area (Å²) in [6.45, 7) is 4.36. The molecule has 0 bridgehead atoms. The summed E-state index contributed by atoms with van der Waals surface area (Å²) in [5.74, 6) is 0. The highest BCUT2D eigenvalue weighted by Crippen LogP contribution is 2.18. The quantitative estimate of drug-likeness (QED) is 0.853. The number of furan rings is 1. The maximum absolute atomic E-state index is 5.13. The molecule has 98 valence electrons. The first kappa shape index (κ1) is 12.9. The number of hydrogen-bond acceptors (Lipinski definition) is 3. The van der Waals surface area contributed by atoms with Crippen LogP contribution in [0.3, 0.4) is 0 Å². The molecule has 0 amide bonds. The number of hydrogen-bond donors (Lipinski definition) is 1. The summed E-state index contributed by atoms with van der Waals surface area (Å²) < 4.78 is 7.17. The summed E-state index contributed by atoms with van der Waals surface area (Å²) in [6.07, 6.45) is 7.52. The first-order chi connectivity index (χ1) is 8.74. The van der Waals surface area contributed by atoms with Crippen LogP contribution < -0.4 is 5.32 Å². The molecule has 0 radical (unpaired) electrons. The molecule has 0 aliphatic carbocycles. The van der Waals surface area contributed by atoms with Crippen molar-refractivity contribution in [3.05, 3.63) is 42.1 Å². The lowest BCUT2D eigenvalue weighted by Crippen LogP contribution is -2.18. The molecule has 0 saturated carbocycles. The van der Waals surface area contributed by atoms with Crippen LogP contribution in [0, 0.1) is 0 Å². The highest BCUT2D eigenvalue weighted by atomic mass is 16.3. The van der Waals surface area contributed by atoms with E-state index in [4.69, 9.17) is 4.42 Å². The molecule has 4 nitrogen and oxygen atoms in total. The van der Waals surface area contributed by atoms with Crippen molar-refractivity contribution in [2.45, 2.75) is 38.8 Å². The lowest BCUT2D eigenvalue weighted by Gasteiger charge is -2.13. The Kier molecular flexibility index (Phi) is 4.20. The lowest BCUT2D eigenvalue weighted by molar-refractivity contribution is 0.468. The standard InChI is InChI=1S/C14H21N3O/c1-4-11(2)17-7-5-13(16-17)9-14(15-3)12-6-8-18-10-12/h5-8,10-11,14-15H,4,9H2,1-3H3. The lowest BCUT2D eigenvalue weighted by atomic mass is 10.1. The van der Waals surface area contributed by atoms with Gasteiger partial charge in [0.1, 0.15) is 0 Å². The molecule has 2 aromatic heterocycles. The van der Waals surface area contributed by atoms with Crippen LogP contribution in [0.2, 0.25) is 0 Å². The third-order valence-electron chi connectivity index (χ3n) is 3.41. The SMILES string of the molecule is CCC(C)n1ccc(CC(NC)c2ccoc2)n1. The molecule has 2 heterocycles. The fraction of sp³-hybridized carbons (Fsp3) is 0.500. The van der Waals surface area contributed by atoms with Gasteiger partial charge in [-0.2, -0.15) is 5.10 Å². The molecular formula is C14H21N3O. The van der Waals surface area contributed by atoms with Crippen molar-refractivity contribution in [2.24, 2.45) is 0 Å². The molecule has 2 aromatic rings. The average molecular weight is 247 g/mol. The van der Waals surface area contributed by atoms with Crippen molar-refractivity contribution in [2.75, 3.05) is 7.05 Å². The minimum absolute atomic E-state index is 0.254. The van der Waals surface area contributed by atoms with Gasteiger partial charge < -0.3 is 9.73 Å². The van der Waals surface area contributed by atoms with E-state index >= 15 is 0 Å². The molecule has 0 aromatic carbocycles. The van der Waals surface area contributed by atoms with E-state index in [1.54, 1.807) is 12.5 Å². The fourth-order valence-electron chi connectivity index (χ4n) is 1.99. The van der Waals surface area contributed by atoms with Crippen LogP contribution in [-0.4, -0.2) is 16.8 Å². The molecule has 2 atom stereocenters. The zero-order valence-corrected chi connectivity index (χ0v) is 11.3. The zero-order valence-electron chi connectivity index (χ0n) is 11.3. The summed E-state index contributed by atoms with van der Waals surface area (Å²) in [4.78, 5) is 0. The van der Waals surface area contributed by atoms with Gasteiger partial charge >= 0.3 is 0 Å². The fourth-order valence-corrected chi connectivity index (χ4v) is 1.99. The Morgan fingerprint density at radius 2 is 2.28 bits per heavy atom. The molecule has 4 heteroatoms. The van der Waals surface area contributed by atoms with E-state index in [0.717, 1.165) is 24.1 Å². The topological polar surface area (TPSA) is 43.0 Å². The maximum atomic E-state index is 5.13. The van der Waals surface area contributed by atoms with Crippen molar-refractivity contribution in [1.29, 1.82) is 0 Å². The predicted molar refractivity (Wildman–Crippen MR) is 71.4 cm³/mol. The third kappa shape index (κ3) is 2.82. The van der Waals surface area contributed by atoms with E-state index in [1.165, 1.54) is 0 Å². The van der Waals surface area contributed by atoms with Crippen molar-refractivity contribution in [3.63, 3.8) is 0 Å². The second-order valence-corrected chi connectivity index (χ2v) is 4.65. The minimum atomic E-state index is 0.254. The van der Waals surface area contributed by atoms with Crippen molar-refractivity contribution < 1.29 is 4.42 Å². The van der Waals surface area contributed by atoms with Gasteiger partial charge in [-0.15, -0.1) is 0 Å². The zero-order chi connectivity index (χ0) is 13.0. The van der Waals surface area contributed by atoms with Crippen LogP contribution in [0.1, 0.15) is 43.6 Å². The van der Waals surface area contributed by atoms with Crippen LogP contribution in [0.25, 0.3) is 0 Å². The summed E-state index contributed by atoms with van der Waals surface area (Å²) in [6, 6.07) is 4.80. The highest BCUT2D eigenvalue weighted by Gasteiger charge is 2.13. The van der Waals surface area contributed by atoms with Gasteiger partial charge in [-0.3, -0.25) is 4.68 Å². The van der Waals surface area contributed by atoms with Crippen LogP contribution in [0.5, 0.6) is 0 Å². The Balaban J connectivity index is 2.06. The van der Waals surface area contributed by atoms with Gasteiger partial charge in [-0.25, -0.2) is 0 Å². The first-order valence-corrected chi connectivity index (χ1v) is 6.48. The molecule has 0 fully saturated rings. The van der Waals surface area contributed by atoms with E-state index in [0.29, 0.717) is 6.04 Å². The van der Waals surface area contributed by atoms with Gasteiger partial charge in [-0.05, 0) is 32.5 Å². The summed E-state index contributed by atoms with van der Waals surface area (Å²) in [5, 5.41) is 7.92. The third-order valence-corrected chi connectivity index (χ3v) is 3.41. The Hall–Kier alpha value is -1.55. The Labute approximate surface area is 108 Å². The number of likely N-dealkylation sites (N-methyl/N-ethyl adjacent to an activating group) is 1. The van der Waals surface area contributed by atoms with Crippen molar-refractivity contribution in [3.8, 4) is 0 Å². The van der Waals surface area contributed by atoms with Crippen molar-refractivity contribution >= 4 is 0 Å². The van der Waals surface area contributed by atoms with Gasteiger partial charge in [0.25, 0.3) is 0 Å². The number of rotatable bonds is 6. The molecule has 2 unspecified atom stereocenters. The van der Waals surface area contributed by atoms with Crippen LogP contribution in [0.15, 0.2) is 35.3 Å². The summed E-state index contributed by atoms with van der Waals surface area (Å²) in [5.41, 5.74) is 2.27. The van der Waals surface area contributed by atoms with Gasteiger partial charge in [-0.1, -0.05) is 6.92 Å². The highest BCUT2D eigenvalue weighted by molar-refractivity contribution is 5.15. The molecule has 1 N–H and O–H groups in total. The summed E-state index contributed by atoms with van der Waals surface area (Å²) in [7, 11) is 1.96. The Morgan fingerprint density at radius 3 is 2.89 bits per heavy atom. The van der Waals surface area contributed by atoms with Gasteiger partial charge in [0.15, 0.2) is 0 Å². The minimum Gasteiger partial charge on any atom is -0.472 e. The number of aromatic nitrogens is 2. The van der Waals surface area contributed by atoms with Crippen LogP contribution >= 0.6 is 0 Å². The van der Waals surface area contributed by atoms with E-state index in [2.05, 4.69) is 36.5 Å². The molecular weight excluding hydrogens is 226 g/mol. The monoisotopic (exact) mass is 247 g/mol. The summed E-state index contributed by atoms with van der Waals surface area (Å²) >= 11 is 0.